The molecule has 1 rings (SSSR count). The minimum atomic E-state index is -4.90. The van der Waals surface area contributed by atoms with Crippen LogP contribution in [0.3, 0.4) is 0 Å². The van der Waals surface area contributed by atoms with Crippen LogP contribution in [-0.2, 0) is 14.6 Å². The van der Waals surface area contributed by atoms with Gasteiger partial charge in [-0.1, -0.05) is 6.07 Å². The fourth-order valence-corrected chi connectivity index (χ4v) is 1.21. The summed E-state index contributed by atoms with van der Waals surface area (Å²) in [7, 11) is -4.90. The molecule has 18 heavy (non-hydrogen) atoms. The molecule has 0 heterocycles. The van der Waals surface area contributed by atoms with Crippen LogP contribution in [0.5, 0.6) is 0 Å². The predicted molar refractivity (Wildman–Crippen MR) is 62.0 cm³/mol. The van der Waals surface area contributed by atoms with E-state index in [0.29, 0.717) is 0 Å². The molecule has 0 saturated carbocycles. The first-order valence-electron chi connectivity index (χ1n) is 4.84. The van der Waals surface area contributed by atoms with Crippen LogP contribution in [-0.4, -0.2) is 57.9 Å². The molecule has 0 unspecified atom stereocenters. The average molecular weight is 284 g/mol. The third-order valence-corrected chi connectivity index (χ3v) is 1.89. The zero-order valence-electron chi connectivity index (χ0n) is 9.65. The third-order valence-electron chi connectivity index (χ3n) is 1.53. The summed E-state index contributed by atoms with van der Waals surface area (Å²) in [6, 6.07) is 4.53. The molecule has 0 aliphatic rings. The standard InChI is InChI=1S/C8H6O7S.CH3.Na/c9-7(10)5-2-1-3-6(4-5)8(11)15-16(12,13)14;;/h1-4H,(H,9,10)(H,12,13,14);1H3;. The molecule has 9 heteroatoms. The van der Waals surface area contributed by atoms with Gasteiger partial charge in [0.25, 0.3) is 0 Å². The Morgan fingerprint density at radius 3 is 2.17 bits per heavy atom. The monoisotopic (exact) mass is 284 g/mol. The Hall–Kier alpha value is -0.930. The number of carboxylic acids is 1. The van der Waals surface area contributed by atoms with Crippen molar-refractivity contribution in [1.29, 1.82) is 0 Å². The SMILES string of the molecule is O=C(O)c1cccc(C(=O)OS(=O)(=O)O)c1.[CH3][Na]. The Balaban J connectivity index is 0.00000137. The summed E-state index contributed by atoms with van der Waals surface area (Å²) in [5.41, 5.74) is -0.498. The molecular weight excluding hydrogens is 275 g/mol. The van der Waals surface area contributed by atoms with Gasteiger partial charge in [0.2, 0.25) is 0 Å². The van der Waals surface area contributed by atoms with Crippen molar-refractivity contribution in [2.45, 2.75) is 4.17 Å². The molecule has 0 bridgehead atoms. The van der Waals surface area contributed by atoms with E-state index in [9.17, 15) is 18.0 Å². The van der Waals surface area contributed by atoms with E-state index in [1.165, 1.54) is 40.1 Å². The van der Waals surface area contributed by atoms with Gasteiger partial charge in [0, 0.05) is 0 Å². The number of benzene rings is 1. The summed E-state index contributed by atoms with van der Waals surface area (Å²) in [5, 5.41) is 8.60. The van der Waals surface area contributed by atoms with Gasteiger partial charge in [-0.2, -0.15) is 8.42 Å². The molecule has 0 aliphatic heterocycles. The maximum absolute atomic E-state index is 11.1. The molecule has 7 nitrogen and oxygen atoms in total. The summed E-state index contributed by atoms with van der Waals surface area (Å²) < 4.78 is 34.5. The predicted octanol–water partition coefficient (Wildman–Crippen LogP) is 0.547. The van der Waals surface area contributed by atoms with E-state index in [-0.39, 0.29) is 11.1 Å². The molecule has 0 aromatic heterocycles. The summed E-state index contributed by atoms with van der Waals surface area (Å²) in [6.07, 6.45) is 0. The van der Waals surface area contributed by atoms with Gasteiger partial charge in [0.15, 0.2) is 0 Å². The number of aromatic carboxylic acids is 1. The van der Waals surface area contributed by atoms with Crippen molar-refractivity contribution in [3.63, 3.8) is 0 Å². The van der Waals surface area contributed by atoms with Crippen molar-refractivity contribution in [2.24, 2.45) is 0 Å². The van der Waals surface area contributed by atoms with Gasteiger partial charge in [0.1, 0.15) is 0 Å². The molecule has 0 fully saturated rings. The number of carboxylic acid groups (broad SMARTS) is 1. The van der Waals surface area contributed by atoms with E-state index >= 15 is 0 Å². The molecule has 0 saturated heterocycles. The first-order valence-corrected chi connectivity index (χ1v) is 8.21. The van der Waals surface area contributed by atoms with Gasteiger partial charge in [-0.25, -0.2) is 9.59 Å². The van der Waals surface area contributed by atoms with Crippen molar-refractivity contribution in [1.82, 2.24) is 0 Å². The Bertz CT molecular complexity index is 538. The van der Waals surface area contributed by atoms with Crippen molar-refractivity contribution in [3.8, 4) is 0 Å². The fourth-order valence-electron chi connectivity index (χ4n) is 0.923. The normalized spacial score (nSPS) is 10.0. The zero-order chi connectivity index (χ0) is 14.3. The first kappa shape index (κ1) is 17.1. The second-order valence-corrected chi connectivity index (χ2v) is 3.71. The van der Waals surface area contributed by atoms with Gasteiger partial charge in [0.05, 0.1) is 11.1 Å². The average Bonchev–Trinajstić information content (AvgIpc) is 2.29. The summed E-state index contributed by atoms with van der Waals surface area (Å²) in [6.45, 7) is 0. The molecular formula is C9H9NaO7S. The number of carbonyl (C=O) groups is 2. The quantitative estimate of drug-likeness (QED) is 0.614. The Labute approximate surface area is 121 Å². The van der Waals surface area contributed by atoms with Crippen LogP contribution in [0.1, 0.15) is 20.7 Å². The topological polar surface area (TPSA) is 118 Å². The van der Waals surface area contributed by atoms with Gasteiger partial charge in [-0.05, 0) is 18.2 Å². The van der Waals surface area contributed by atoms with Crippen LogP contribution in [0.15, 0.2) is 24.3 Å². The van der Waals surface area contributed by atoms with E-state index in [4.69, 9.17) is 9.66 Å². The Kier molecular flexibility index (Phi) is 7.11. The molecule has 94 valence electrons. The van der Waals surface area contributed by atoms with Crippen molar-refractivity contribution in [3.05, 3.63) is 35.4 Å². The number of rotatable bonds is 3. The molecule has 0 atom stereocenters. The Morgan fingerprint density at radius 1 is 1.22 bits per heavy atom. The van der Waals surface area contributed by atoms with Crippen LogP contribution in [0.25, 0.3) is 0 Å². The maximum atomic E-state index is 11.1. The fraction of sp³-hybridized carbons (Fsp3) is 0.111. The van der Waals surface area contributed by atoms with Gasteiger partial charge in [-0.3, -0.25) is 4.55 Å². The number of hydrogen-bond acceptors (Lipinski definition) is 5. The second-order valence-electron chi connectivity index (χ2n) is 2.68. The summed E-state index contributed by atoms with van der Waals surface area (Å²) >= 11 is 1.31. The van der Waals surface area contributed by atoms with E-state index in [0.717, 1.165) is 12.1 Å². The number of hydrogen-bond donors (Lipinski definition) is 2. The van der Waals surface area contributed by atoms with Crippen molar-refractivity contribution in [2.75, 3.05) is 0 Å². The zero-order valence-corrected chi connectivity index (χ0v) is 12.5. The molecule has 2 N–H and O–H groups in total. The van der Waals surface area contributed by atoms with Crippen LogP contribution in [0, 0.1) is 0 Å². The van der Waals surface area contributed by atoms with Crippen molar-refractivity contribution >= 4 is 50.3 Å². The van der Waals surface area contributed by atoms with Crippen LogP contribution in [0.4, 0.5) is 0 Å². The third kappa shape index (κ3) is 6.12. The number of carbonyl (C=O) groups excluding carboxylic acids is 1. The molecule has 1 aromatic rings. The van der Waals surface area contributed by atoms with E-state index in [1.807, 2.05) is 0 Å². The van der Waals surface area contributed by atoms with Crippen LogP contribution < -0.4 is 0 Å². The molecule has 0 radical (unpaired) electrons. The van der Waals surface area contributed by atoms with E-state index in [1.54, 1.807) is 0 Å². The second kappa shape index (κ2) is 7.49. The minimum absolute atomic E-state index is 0.204. The molecule has 0 amide bonds. The summed E-state index contributed by atoms with van der Waals surface area (Å²) in [5.74, 6) is -2.63. The van der Waals surface area contributed by atoms with Crippen LogP contribution in [0.2, 0.25) is 4.17 Å². The van der Waals surface area contributed by atoms with Crippen LogP contribution >= 0.6 is 0 Å². The van der Waals surface area contributed by atoms with Gasteiger partial charge < -0.3 is 9.29 Å². The van der Waals surface area contributed by atoms with Gasteiger partial charge >= 0.3 is 54.4 Å². The first-order chi connectivity index (χ1) is 8.29. The van der Waals surface area contributed by atoms with Crippen molar-refractivity contribution < 1.29 is 31.8 Å². The van der Waals surface area contributed by atoms with E-state index in [2.05, 4.69) is 8.36 Å². The van der Waals surface area contributed by atoms with E-state index < -0.39 is 22.3 Å². The molecule has 0 spiro atoms. The Morgan fingerprint density at radius 2 is 1.72 bits per heavy atom. The summed E-state index contributed by atoms with van der Waals surface area (Å²) in [4.78, 5) is 21.6. The molecule has 1 aromatic carbocycles. The van der Waals surface area contributed by atoms with Gasteiger partial charge in [-0.15, -0.1) is 0 Å². The molecule has 0 aliphatic carbocycles.